The molecule has 0 aromatic heterocycles. The van der Waals surface area contributed by atoms with E-state index >= 15 is 0 Å². The molecule has 0 aliphatic carbocycles. The van der Waals surface area contributed by atoms with Crippen molar-refractivity contribution in [1.82, 2.24) is 0 Å². The van der Waals surface area contributed by atoms with E-state index in [1.165, 1.54) is 0 Å². The van der Waals surface area contributed by atoms with Crippen molar-refractivity contribution >= 4 is 11.8 Å². The molecule has 0 spiro atoms. The van der Waals surface area contributed by atoms with E-state index in [4.69, 9.17) is 0 Å². The van der Waals surface area contributed by atoms with Crippen molar-refractivity contribution in [3.63, 3.8) is 0 Å². The fourth-order valence-electron chi connectivity index (χ4n) is 0.355. The standard InChI is InChI=1S/C9H14S/c1-5-6-7-8-10-9(2,3)4/h7-8H,1-4H3/b8-7+. The molecule has 0 unspecified atom stereocenters. The fourth-order valence-corrected chi connectivity index (χ4v) is 0.900. The highest BCUT2D eigenvalue weighted by atomic mass is 32.2. The fraction of sp³-hybridized carbons (Fsp3) is 0.556. The van der Waals surface area contributed by atoms with Gasteiger partial charge in [0.2, 0.25) is 0 Å². The summed E-state index contributed by atoms with van der Waals surface area (Å²) in [6.07, 6.45) is 1.88. The third-order valence-electron chi connectivity index (χ3n) is 0.717. The third kappa shape index (κ3) is 7.65. The first kappa shape index (κ1) is 9.65. The van der Waals surface area contributed by atoms with Gasteiger partial charge in [0.15, 0.2) is 0 Å². The molecule has 0 amide bonds. The van der Waals surface area contributed by atoms with Crippen molar-refractivity contribution in [2.45, 2.75) is 32.4 Å². The molecule has 0 aromatic carbocycles. The SMILES string of the molecule is CC#C/C=C/SC(C)(C)C. The highest BCUT2D eigenvalue weighted by Gasteiger charge is 2.06. The minimum absolute atomic E-state index is 0.311. The lowest BCUT2D eigenvalue weighted by atomic mass is 10.3. The number of hydrogen-bond acceptors (Lipinski definition) is 1. The van der Waals surface area contributed by atoms with Gasteiger partial charge in [0, 0.05) is 4.75 Å². The second kappa shape index (κ2) is 4.46. The summed E-state index contributed by atoms with van der Waals surface area (Å²) >= 11 is 1.79. The Balaban J connectivity index is 3.61. The second-order valence-electron chi connectivity index (χ2n) is 2.93. The Morgan fingerprint density at radius 1 is 1.30 bits per heavy atom. The number of hydrogen-bond donors (Lipinski definition) is 0. The summed E-state index contributed by atoms with van der Waals surface area (Å²) in [7, 11) is 0. The van der Waals surface area contributed by atoms with E-state index in [1.54, 1.807) is 11.8 Å². The highest BCUT2D eigenvalue weighted by Crippen LogP contribution is 2.23. The molecule has 0 atom stereocenters. The van der Waals surface area contributed by atoms with Crippen LogP contribution in [0, 0.1) is 11.8 Å². The molecule has 10 heavy (non-hydrogen) atoms. The molecule has 56 valence electrons. The van der Waals surface area contributed by atoms with Crippen molar-refractivity contribution in [3.05, 3.63) is 11.5 Å². The number of rotatable bonds is 1. The van der Waals surface area contributed by atoms with Crippen LogP contribution in [0.5, 0.6) is 0 Å². The van der Waals surface area contributed by atoms with Gasteiger partial charge in [-0.2, -0.15) is 0 Å². The lowest BCUT2D eigenvalue weighted by molar-refractivity contribution is 0.807. The lowest BCUT2D eigenvalue weighted by Crippen LogP contribution is -2.04. The average molecular weight is 154 g/mol. The van der Waals surface area contributed by atoms with E-state index in [9.17, 15) is 0 Å². The van der Waals surface area contributed by atoms with E-state index in [1.807, 2.05) is 18.4 Å². The van der Waals surface area contributed by atoms with Crippen molar-refractivity contribution in [3.8, 4) is 11.8 Å². The molecule has 0 nitrogen and oxygen atoms in total. The van der Waals surface area contributed by atoms with Crippen LogP contribution in [0.4, 0.5) is 0 Å². The van der Waals surface area contributed by atoms with E-state index in [0.29, 0.717) is 4.75 Å². The van der Waals surface area contributed by atoms with Crippen LogP contribution in [0.25, 0.3) is 0 Å². The maximum absolute atomic E-state index is 2.87. The summed E-state index contributed by atoms with van der Waals surface area (Å²) in [5.74, 6) is 5.67. The van der Waals surface area contributed by atoms with Crippen LogP contribution in [0.3, 0.4) is 0 Å². The quantitative estimate of drug-likeness (QED) is 0.523. The van der Waals surface area contributed by atoms with Crippen LogP contribution < -0.4 is 0 Å². The zero-order valence-electron chi connectivity index (χ0n) is 7.06. The van der Waals surface area contributed by atoms with E-state index < -0.39 is 0 Å². The highest BCUT2D eigenvalue weighted by molar-refractivity contribution is 8.03. The van der Waals surface area contributed by atoms with E-state index in [-0.39, 0.29) is 0 Å². The van der Waals surface area contributed by atoms with Crippen LogP contribution in [0.15, 0.2) is 11.5 Å². The Morgan fingerprint density at radius 2 is 1.90 bits per heavy atom. The Hall–Kier alpha value is -0.350. The van der Waals surface area contributed by atoms with Crippen LogP contribution in [0.2, 0.25) is 0 Å². The van der Waals surface area contributed by atoms with Gasteiger partial charge in [0.05, 0.1) is 0 Å². The molecular formula is C9H14S. The third-order valence-corrected chi connectivity index (χ3v) is 1.70. The molecule has 0 fully saturated rings. The minimum Gasteiger partial charge on any atom is -0.127 e. The van der Waals surface area contributed by atoms with Gasteiger partial charge in [-0.25, -0.2) is 0 Å². The lowest BCUT2D eigenvalue weighted by Gasteiger charge is -2.13. The summed E-state index contributed by atoms with van der Waals surface area (Å²) in [5.41, 5.74) is 0. The molecule has 1 heteroatoms. The van der Waals surface area contributed by atoms with E-state index in [2.05, 4.69) is 32.6 Å². The Kier molecular flexibility index (Phi) is 4.31. The smallest absolute Gasteiger partial charge is 0.0117 e. The summed E-state index contributed by atoms with van der Waals surface area (Å²) in [6, 6.07) is 0. The van der Waals surface area contributed by atoms with Gasteiger partial charge in [0.25, 0.3) is 0 Å². The molecule has 0 bridgehead atoms. The first-order valence-corrected chi connectivity index (χ1v) is 4.19. The van der Waals surface area contributed by atoms with Gasteiger partial charge < -0.3 is 0 Å². The molecule has 0 N–H and O–H groups in total. The number of thioether (sulfide) groups is 1. The Bertz CT molecular complexity index is 161. The monoisotopic (exact) mass is 154 g/mol. The molecule has 0 heterocycles. The summed E-state index contributed by atoms with van der Waals surface area (Å²) in [6.45, 7) is 8.39. The molecule has 0 aromatic rings. The van der Waals surface area contributed by atoms with Crippen molar-refractivity contribution < 1.29 is 0 Å². The minimum atomic E-state index is 0.311. The zero-order valence-corrected chi connectivity index (χ0v) is 7.88. The molecule has 0 radical (unpaired) electrons. The summed E-state index contributed by atoms with van der Waals surface area (Å²) in [5, 5.41) is 2.04. The van der Waals surface area contributed by atoms with Gasteiger partial charge in [-0.3, -0.25) is 0 Å². The first-order chi connectivity index (χ1) is 4.56. The first-order valence-electron chi connectivity index (χ1n) is 3.31. The van der Waals surface area contributed by atoms with Crippen LogP contribution in [0.1, 0.15) is 27.7 Å². The molecule has 0 saturated carbocycles. The van der Waals surface area contributed by atoms with E-state index in [0.717, 1.165) is 0 Å². The van der Waals surface area contributed by atoms with Gasteiger partial charge in [-0.15, -0.1) is 17.7 Å². The largest absolute Gasteiger partial charge is 0.127 e. The van der Waals surface area contributed by atoms with Crippen LogP contribution in [-0.4, -0.2) is 4.75 Å². The Morgan fingerprint density at radius 3 is 2.30 bits per heavy atom. The summed E-state index contributed by atoms with van der Waals surface area (Å²) < 4.78 is 0.311. The topological polar surface area (TPSA) is 0 Å². The van der Waals surface area contributed by atoms with Crippen molar-refractivity contribution in [1.29, 1.82) is 0 Å². The van der Waals surface area contributed by atoms with Crippen molar-refractivity contribution in [2.24, 2.45) is 0 Å². The van der Waals surface area contributed by atoms with Crippen molar-refractivity contribution in [2.75, 3.05) is 0 Å². The van der Waals surface area contributed by atoms with Gasteiger partial charge in [-0.05, 0) is 18.4 Å². The molecule has 0 aliphatic heterocycles. The summed E-state index contributed by atoms with van der Waals surface area (Å²) in [4.78, 5) is 0. The Labute approximate surface area is 68.1 Å². The maximum Gasteiger partial charge on any atom is 0.0117 e. The van der Waals surface area contributed by atoms with Crippen LogP contribution >= 0.6 is 11.8 Å². The molecule has 0 aliphatic rings. The normalized spacial score (nSPS) is 11.2. The molecular weight excluding hydrogens is 140 g/mol. The zero-order chi connectivity index (χ0) is 8.04. The van der Waals surface area contributed by atoms with Gasteiger partial charge in [-0.1, -0.05) is 26.7 Å². The molecule has 0 saturated heterocycles. The number of allylic oxidation sites excluding steroid dienone is 1. The predicted molar refractivity (Wildman–Crippen MR) is 49.9 cm³/mol. The second-order valence-corrected chi connectivity index (χ2v) is 4.66. The van der Waals surface area contributed by atoms with Gasteiger partial charge in [0.1, 0.15) is 0 Å². The predicted octanol–water partition coefficient (Wildman–Crippen LogP) is 3.06. The molecule has 0 rings (SSSR count). The van der Waals surface area contributed by atoms with Gasteiger partial charge >= 0.3 is 0 Å². The maximum atomic E-state index is 2.87. The van der Waals surface area contributed by atoms with Crippen LogP contribution in [-0.2, 0) is 0 Å². The average Bonchev–Trinajstić information content (AvgIpc) is 1.78.